The van der Waals surface area contributed by atoms with Crippen molar-refractivity contribution in [2.24, 2.45) is 0 Å². The summed E-state index contributed by atoms with van der Waals surface area (Å²) in [7, 11) is 0. The molecule has 4 rings (SSSR count). The van der Waals surface area contributed by atoms with Gasteiger partial charge in [-0.05, 0) is 43.7 Å². The lowest BCUT2D eigenvalue weighted by Crippen LogP contribution is -2.34. The summed E-state index contributed by atoms with van der Waals surface area (Å²) in [6.45, 7) is 5.02. The molecule has 0 aliphatic carbocycles. The van der Waals surface area contributed by atoms with Gasteiger partial charge in [-0.1, -0.05) is 46.7 Å². The van der Waals surface area contributed by atoms with Crippen LogP contribution in [0.5, 0.6) is 0 Å². The third kappa shape index (κ3) is 3.66. The maximum absolute atomic E-state index is 13.4. The summed E-state index contributed by atoms with van der Waals surface area (Å²) in [6.07, 6.45) is 3.61. The van der Waals surface area contributed by atoms with Gasteiger partial charge in [-0.15, -0.1) is 0 Å². The van der Waals surface area contributed by atoms with E-state index < -0.39 is 0 Å². The Morgan fingerprint density at radius 3 is 2.79 bits per heavy atom. The summed E-state index contributed by atoms with van der Waals surface area (Å²) < 4.78 is 2.77. The minimum atomic E-state index is -0.0696. The molecule has 5 nitrogen and oxygen atoms in total. The zero-order valence-corrected chi connectivity index (χ0v) is 17.2. The zero-order valence-electron chi connectivity index (χ0n) is 15.6. The number of carbonyl (C=O) groups excluding carboxylic acids is 1. The van der Waals surface area contributed by atoms with Gasteiger partial charge >= 0.3 is 0 Å². The molecule has 0 saturated heterocycles. The second kappa shape index (κ2) is 7.73. The summed E-state index contributed by atoms with van der Waals surface area (Å²) in [6, 6.07) is 13.4. The van der Waals surface area contributed by atoms with Crippen LogP contribution < -0.4 is 4.90 Å². The molecule has 1 amide bonds. The van der Waals surface area contributed by atoms with Crippen molar-refractivity contribution in [1.82, 2.24) is 14.8 Å². The number of para-hydroxylation sites is 1. The Kier molecular flexibility index (Phi) is 5.15. The number of halogens is 1. The molecule has 2 aromatic carbocycles. The Labute approximate surface area is 172 Å². The van der Waals surface area contributed by atoms with Crippen LogP contribution >= 0.6 is 22.9 Å². The standard InChI is InChI=1S/C21H19ClN4OS/c1-14-7-8-16(15(2)13-14)20(27)26(12-11-25-10-4-9-23-25)21-24-19-17(22)5-3-6-18(19)28-21/h3-10,13H,11-12H2,1-2H3. The van der Waals surface area contributed by atoms with E-state index in [1.54, 1.807) is 11.1 Å². The number of carbonyl (C=O) groups is 1. The number of thiazole rings is 1. The van der Waals surface area contributed by atoms with E-state index in [1.165, 1.54) is 11.3 Å². The summed E-state index contributed by atoms with van der Waals surface area (Å²) in [4.78, 5) is 19.8. The predicted octanol–water partition coefficient (Wildman–Crippen LogP) is 5.11. The predicted molar refractivity (Wildman–Crippen MR) is 114 cm³/mol. The lowest BCUT2D eigenvalue weighted by molar-refractivity contribution is 0.0985. The second-order valence-corrected chi connectivity index (χ2v) is 8.04. The van der Waals surface area contributed by atoms with Crippen LogP contribution in [0.3, 0.4) is 0 Å². The van der Waals surface area contributed by atoms with E-state index in [9.17, 15) is 4.79 Å². The normalized spacial score (nSPS) is 11.1. The Hall–Kier alpha value is -2.70. The number of hydrogen-bond acceptors (Lipinski definition) is 4. The van der Waals surface area contributed by atoms with Crippen LogP contribution in [0.15, 0.2) is 54.9 Å². The molecule has 0 bridgehead atoms. The lowest BCUT2D eigenvalue weighted by atomic mass is 10.0. The quantitative estimate of drug-likeness (QED) is 0.459. The molecular formula is C21H19ClN4OS. The number of benzene rings is 2. The molecule has 0 saturated carbocycles. The zero-order chi connectivity index (χ0) is 19.7. The van der Waals surface area contributed by atoms with Crippen LogP contribution in [0, 0.1) is 13.8 Å². The van der Waals surface area contributed by atoms with E-state index in [0.29, 0.717) is 28.8 Å². The number of nitrogens with zero attached hydrogens (tertiary/aromatic N) is 4. The summed E-state index contributed by atoms with van der Waals surface area (Å²) in [5.41, 5.74) is 3.48. The van der Waals surface area contributed by atoms with E-state index in [4.69, 9.17) is 11.6 Å². The van der Waals surface area contributed by atoms with Gasteiger partial charge in [0.2, 0.25) is 0 Å². The van der Waals surface area contributed by atoms with Crippen molar-refractivity contribution in [3.05, 3.63) is 76.6 Å². The second-order valence-electron chi connectivity index (χ2n) is 6.63. The highest BCUT2D eigenvalue weighted by Crippen LogP contribution is 2.33. The Morgan fingerprint density at radius 1 is 1.21 bits per heavy atom. The average molecular weight is 411 g/mol. The smallest absolute Gasteiger partial charge is 0.260 e. The maximum atomic E-state index is 13.4. The first kappa shape index (κ1) is 18.7. The van der Waals surface area contributed by atoms with Gasteiger partial charge in [0.15, 0.2) is 5.13 Å². The van der Waals surface area contributed by atoms with E-state index in [-0.39, 0.29) is 5.91 Å². The topological polar surface area (TPSA) is 51.0 Å². The van der Waals surface area contributed by atoms with Crippen LogP contribution in [-0.4, -0.2) is 27.2 Å². The van der Waals surface area contributed by atoms with Crippen molar-refractivity contribution < 1.29 is 4.79 Å². The molecule has 0 atom stereocenters. The average Bonchev–Trinajstić information content (AvgIpc) is 3.32. The largest absolute Gasteiger partial charge is 0.282 e. The molecule has 142 valence electrons. The van der Waals surface area contributed by atoms with E-state index in [1.807, 2.05) is 67.2 Å². The van der Waals surface area contributed by atoms with Crippen molar-refractivity contribution in [2.75, 3.05) is 11.4 Å². The maximum Gasteiger partial charge on any atom is 0.260 e. The lowest BCUT2D eigenvalue weighted by Gasteiger charge is -2.21. The van der Waals surface area contributed by atoms with Gasteiger partial charge in [0, 0.05) is 24.5 Å². The van der Waals surface area contributed by atoms with Crippen LogP contribution in [0.4, 0.5) is 5.13 Å². The molecule has 0 unspecified atom stereocenters. The molecule has 4 aromatic rings. The van der Waals surface area contributed by atoms with Gasteiger partial charge in [0.25, 0.3) is 5.91 Å². The number of aryl methyl sites for hydroxylation is 2. The fourth-order valence-corrected chi connectivity index (χ4v) is 4.43. The van der Waals surface area contributed by atoms with E-state index in [0.717, 1.165) is 21.3 Å². The molecule has 7 heteroatoms. The van der Waals surface area contributed by atoms with Gasteiger partial charge in [-0.3, -0.25) is 14.4 Å². The Balaban J connectivity index is 1.73. The number of hydrogen-bond donors (Lipinski definition) is 0. The molecule has 0 aliphatic heterocycles. The van der Waals surface area contributed by atoms with Crippen LogP contribution in [0.25, 0.3) is 10.2 Å². The first-order chi connectivity index (χ1) is 13.5. The highest BCUT2D eigenvalue weighted by molar-refractivity contribution is 7.22. The molecule has 0 spiro atoms. The molecule has 28 heavy (non-hydrogen) atoms. The van der Waals surface area contributed by atoms with Gasteiger partial charge in [0.05, 0.1) is 16.3 Å². The molecular weight excluding hydrogens is 392 g/mol. The number of fused-ring (bicyclic) bond motifs is 1. The van der Waals surface area contributed by atoms with Crippen molar-refractivity contribution in [1.29, 1.82) is 0 Å². The minimum Gasteiger partial charge on any atom is -0.282 e. The first-order valence-electron chi connectivity index (χ1n) is 8.94. The summed E-state index contributed by atoms with van der Waals surface area (Å²) in [5.74, 6) is -0.0696. The van der Waals surface area contributed by atoms with E-state index >= 15 is 0 Å². The number of rotatable bonds is 5. The fraction of sp³-hybridized carbons (Fsp3) is 0.190. The molecule has 0 aliphatic rings. The van der Waals surface area contributed by atoms with Crippen molar-refractivity contribution in [3.8, 4) is 0 Å². The van der Waals surface area contributed by atoms with Crippen LogP contribution in [0.1, 0.15) is 21.5 Å². The first-order valence-corrected chi connectivity index (χ1v) is 10.1. The monoisotopic (exact) mass is 410 g/mol. The fourth-order valence-electron chi connectivity index (χ4n) is 3.14. The molecule has 0 N–H and O–H groups in total. The summed E-state index contributed by atoms with van der Waals surface area (Å²) >= 11 is 7.77. The van der Waals surface area contributed by atoms with Gasteiger partial charge in [0.1, 0.15) is 5.52 Å². The Morgan fingerprint density at radius 2 is 2.07 bits per heavy atom. The van der Waals surface area contributed by atoms with Crippen molar-refractivity contribution in [2.45, 2.75) is 20.4 Å². The minimum absolute atomic E-state index is 0.0696. The highest BCUT2D eigenvalue weighted by Gasteiger charge is 2.23. The van der Waals surface area contributed by atoms with Crippen LogP contribution in [-0.2, 0) is 6.54 Å². The van der Waals surface area contributed by atoms with Crippen molar-refractivity contribution in [3.63, 3.8) is 0 Å². The molecule has 2 heterocycles. The number of anilines is 1. The van der Waals surface area contributed by atoms with Gasteiger partial charge < -0.3 is 0 Å². The molecule has 0 fully saturated rings. The van der Waals surface area contributed by atoms with Crippen LogP contribution in [0.2, 0.25) is 5.02 Å². The third-order valence-corrected chi connectivity index (χ3v) is 5.91. The Bertz CT molecular complexity index is 1140. The third-order valence-electron chi connectivity index (χ3n) is 4.56. The number of aromatic nitrogens is 3. The van der Waals surface area contributed by atoms with Gasteiger partial charge in [-0.25, -0.2) is 4.98 Å². The molecule has 0 radical (unpaired) electrons. The van der Waals surface area contributed by atoms with Gasteiger partial charge in [-0.2, -0.15) is 5.10 Å². The molecule has 2 aromatic heterocycles. The number of amides is 1. The highest BCUT2D eigenvalue weighted by atomic mass is 35.5. The SMILES string of the molecule is Cc1ccc(C(=O)N(CCn2cccn2)c2nc3c(Cl)cccc3s2)c(C)c1. The summed E-state index contributed by atoms with van der Waals surface area (Å²) in [5, 5.41) is 5.47. The van der Waals surface area contributed by atoms with E-state index in [2.05, 4.69) is 10.1 Å². The van der Waals surface area contributed by atoms with Crippen molar-refractivity contribution >= 4 is 44.2 Å².